The molecule has 5 nitrogen and oxygen atoms in total. The lowest BCUT2D eigenvalue weighted by Crippen LogP contribution is -2.29. The molecule has 0 saturated carbocycles. The highest BCUT2D eigenvalue weighted by Crippen LogP contribution is 2.18. The normalized spacial score (nSPS) is 12.1. The van der Waals surface area contributed by atoms with Crippen molar-refractivity contribution in [1.29, 1.82) is 0 Å². The van der Waals surface area contributed by atoms with Gasteiger partial charge in [-0.1, -0.05) is 30.3 Å². The number of benzene rings is 1. The number of amides is 1. The maximum absolute atomic E-state index is 11.3. The van der Waals surface area contributed by atoms with Crippen LogP contribution in [0.1, 0.15) is 34.1 Å². The molecule has 6 heteroatoms. The number of nitrogens with zero attached hydrogens (tertiary/aromatic N) is 1. The first-order chi connectivity index (χ1) is 9.20. The minimum atomic E-state index is -0.382. The van der Waals surface area contributed by atoms with Crippen LogP contribution in [0.4, 0.5) is 0 Å². The van der Waals surface area contributed by atoms with Crippen LogP contribution in [0.3, 0.4) is 0 Å². The van der Waals surface area contributed by atoms with Gasteiger partial charge in [-0.3, -0.25) is 10.2 Å². The molecule has 0 spiro atoms. The second kappa shape index (κ2) is 6.42. The van der Waals surface area contributed by atoms with Gasteiger partial charge in [-0.15, -0.1) is 11.3 Å². The summed E-state index contributed by atoms with van der Waals surface area (Å²) in [5.41, 5.74) is 3.89. The Balaban J connectivity index is 1.92. The fourth-order valence-corrected chi connectivity index (χ4v) is 2.27. The molecule has 3 N–H and O–H groups in total. The van der Waals surface area contributed by atoms with Gasteiger partial charge in [-0.05, 0) is 12.5 Å². The molecule has 1 aromatic carbocycles. The minimum Gasteiger partial charge on any atom is -0.367 e. The molecule has 0 saturated heterocycles. The van der Waals surface area contributed by atoms with Crippen molar-refractivity contribution in [3.8, 4) is 0 Å². The summed E-state index contributed by atoms with van der Waals surface area (Å²) in [6.45, 7) is 2.35. The van der Waals surface area contributed by atoms with Crippen LogP contribution in [-0.4, -0.2) is 10.9 Å². The quantitative estimate of drug-likeness (QED) is 0.498. The second-order valence-electron chi connectivity index (χ2n) is 3.98. The van der Waals surface area contributed by atoms with Crippen molar-refractivity contribution in [1.82, 2.24) is 10.4 Å². The van der Waals surface area contributed by atoms with Gasteiger partial charge < -0.3 is 4.74 Å². The number of nitrogens with one attached hydrogen (secondary N) is 1. The van der Waals surface area contributed by atoms with E-state index in [2.05, 4.69) is 10.4 Å². The van der Waals surface area contributed by atoms with Gasteiger partial charge in [-0.25, -0.2) is 10.8 Å². The number of aromatic nitrogens is 1. The fraction of sp³-hybridized carbons (Fsp3) is 0.231. The van der Waals surface area contributed by atoms with E-state index in [0.717, 1.165) is 11.3 Å². The van der Waals surface area contributed by atoms with Crippen molar-refractivity contribution >= 4 is 17.2 Å². The van der Waals surface area contributed by atoms with E-state index < -0.39 is 0 Å². The molecular weight excluding hydrogens is 262 g/mol. The molecular formula is C13H15N3O2S. The van der Waals surface area contributed by atoms with Gasteiger partial charge in [0.2, 0.25) is 0 Å². The Bertz CT molecular complexity index is 542. The maximum Gasteiger partial charge on any atom is 0.294 e. The number of hydrazine groups is 1. The van der Waals surface area contributed by atoms with Crippen LogP contribution in [0, 0.1) is 0 Å². The molecule has 0 fully saturated rings. The molecule has 2 aromatic rings. The predicted octanol–water partition coefficient (Wildman–Crippen LogP) is 2.02. The average Bonchev–Trinajstić information content (AvgIpc) is 2.93. The molecule has 1 heterocycles. The van der Waals surface area contributed by atoms with Crippen LogP contribution < -0.4 is 11.3 Å². The van der Waals surface area contributed by atoms with Gasteiger partial charge >= 0.3 is 0 Å². The molecule has 1 amide bonds. The van der Waals surface area contributed by atoms with Crippen molar-refractivity contribution in [3.63, 3.8) is 0 Å². The zero-order chi connectivity index (χ0) is 13.7. The SMILES string of the molecule is CC(OCc1csc(C(=O)NN)n1)c1ccccc1. The summed E-state index contributed by atoms with van der Waals surface area (Å²) in [5, 5.41) is 2.14. The minimum absolute atomic E-state index is 0.0188. The molecule has 19 heavy (non-hydrogen) atoms. The topological polar surface area (TPSA) is 77.2 Å². The fourth-order valence-electron chi connectivity index (χ4n) is 1.57. The smallest absolute Gasteiger partial charge is 0.294 e. The zero-order valence-electron chi connectivity index (χ0n) is 10.5. The third kappa shape index (κ3) is 3.60. The lowest BCUT2D eigenvalue weighted by molar-refractivity contribution is 0.0507. The van der Waals surface area contributed by atoms with Crippen molar-refractivity contribution < 1.29 is 9.53 Å². The summed E-state index contributed by atoms with van der Waals surface area (Å²) in [5.74, 6) is 4.67. The van der Waals surface area contributed by atoms with E-state index in [0.29, 0.717) is 11.6 Å². The first-order valence-corrected chi connectivity index (χ1v) is 6.70. The Morgan fingerprint density at radius 2 is 2.21 bits per heavy atom. The molecule has 2 rings (SSSR count). The summed E-state index contributed by atoms with van der Waals surface area (Å²) < 4.78 is 5.72. The number of carbonyl (C=O) groups is 1. The molecule has 1 unspecified atom stereocenters. The highest BCUT2D eigenvalue weighted by molar-refractivity contribution is 7.11. The number of nitrogen functional groups attached to an aromatic ring is 1. The Hall–Kier alpha value is -1.76. The van der Waals surface area contributed by atoms with E-state index in [4.69, 9.17) is 10.6 Å². The maximum atomic E-state index is 11.3. The Morgan fingerprint density at radius 3 is 2.89 bits per heavy atom. The molecule has 0 aliphatic heterocycles. The Kier molecular flexibility index (Phi) is 4.62. The highest BCUT2D eigenvalue weighted by Gasteiger charge is 2.11. The zero-order valence-corrected chi connectivity index (χ0v) is 11.3. The van der Waals surface area contributed by atoms with Crippen molar-refractivity contribution in [3.05, 3.63) is 52.0 Å². The number of thiazole rings is 1. The van der Waals surface area contributed by atoms with Crippen LogP contribution in [0.2, 0.25) is 0 Å². The van der Waals surface area contributed by atoms with E-state index in [-0.39, 0.29) is 12.0 Å². The number of nitrogens with two attached hydrogens (primary N) is 1. The van der Waals surface area contributed by atoms with Crippen LogP contribution >= 0.6 is 11.3 Å². The summed E-state index contributed by atoms with van der Waals surface area (Å²) in [4.78, 5) is 15.4. The van der Waals surface area contributed by atoms with E-state index in [1.807, 2.05) is 37.3 Å². The van der Waals surface area contributed by atoms with Crippen molar-refractivity contribution in [2.24, 2.45) is 5.84 Å². The average molecular weight is 277 g/mol. The monoisotopic (exact) mass is 277 g/mol. The van der Waals surface area contributed by atoms with Gasteiger partial charge in [0.15, 0.2) is 5.01 Å². The van der Waals surface area contributed by atoms with E-state index >= 15 is 0 Å². The molecule has 1 aromatic heterocycles. The van der Waals surface area contributed by atoms with Crippen molar-refractivity contribution in [2.45, 2.75) is 19.6 Å². The Morgan fingerprint density at radius 1 is 1.47 bits per heavy atom. The van der Waals surface area contributed by atoms with E-state index in [1.165, 1.54) is 11.3 Å². The molecule has 1 atom stereocenters. The number of hydrogen-bond donors (Lipinski definition) is 2. The summed E-state index contributed by atoms with van der Waals surface area (Å²) in [6, 6.07) is 9.94. The van der Waals surface area contributed by atoms with Crippen LogP contribution in [0.5, 0.6) is 0 Å². The Labute approximate surface area is 115 Å². The van der Waals surface area contributed by atoms with E-state index in [9.17, 15) is 4.79 Å². The van der Waals surface area contributed by atoms with Crippen LogP contribution in [0.15, 0.2) is 35.7 Å². The first-order valence-electron chi connectivity index (χ1n) is 5.82. The van der Waals surface area contributed by atoms with Crippen LogP contribution in [0.25, 0.3) is 0 Å². The molecule has 0 aliphatic carbocycles. The number of rotatable bonds is 5. The van der Waals surface area contributed by atoms with Gasteiger partial charge in [0, 0.05) is 5.38 Å². The largest absolute Gasteiger partial charge is 0.367 e. The third-order valence-electron chi connectivity index (χ3n) is 2.63. The summed E-state index contributed by atoms with van der Waals surface area (Å²) in [6.07, 6.45) is -0.0188. The van der Waals surface area contributed by atoms with Gasteiger partial charge in [0.25, 0.3) is 5.91 Å². The predicted molar refractivity (Wildman–Crippen MR) is 73.4 cm³/mol. The number of hydrogen-bond acceptors (Lipinski definition) is 5. The standard InChI is InChI=1S/C13H15N3O2S/c1-9(10-5-3-2-4-6-10)18-7-11-8-19-13(15-11)12(17)16-14/h2-6,8-9H,7,14H2,1H3,(H,16,17). The first kappa shape index (κ1) is 13.7. The lowest BCUT2D eigenvalue weighted by atomic mass is 10.1. The van der Waals surface area contributed by atoms with Crippen molar-refractivity contribution in [2.75, 3.05) is 0 Å². The highest BCUT2D eigenvalue weighted by atomic mass is 32.1. The molecule has 0 radical (unpaired) electrons. The molecule has 0 aliphatic rings. The molecule has 0 bridgehead atoms. The number of ether oxygens (including phenoxy) is 1. The molecule has 100 valence electrons. The van der Waals surface area contributed by atoms with Gasteiger partial charge in [0.05, 0.1) is 18.4 Å². The summed E-state index contributed by atoms with van der Waals surface area (Å²) in [7, 11) is 0. The number of carbonyl (C=O) groups excluding carboxylic acids is 1. The van der Waals surface area contributed by atoms with E-state index in [1.54, 1.807) is 5.38 Å². The third-order valence-corrected chi connectivity index (χ3v) is 3.52. The lowest BCUT2D eigenvalue weighted by Gasteiger charge is -2.12. The van der Waals surface area contributed by atoms with Gasteiger partial charge in [-0.2, -0.15) is 0 Å². The second-order valence-corrected chi connectivity index (χ2v) is 4.84. The summed E-state index contributed by atoms with van der Waals surface area (Å²) >= 11 is 1.25. The van der Waals surface area contributed by atoms with Crippen LogP contribution in [-0.2, 0) is 11.3 Å². The van der Waals surface area contributed by atoms with Gasteiger partial charge in [0.1, 0.15) is 0 Å².